The van der Waals surface area contributed by atoms with Crippen molar-refractivity contribution in [3.8, 4) is 17.6 Å². The van der Waals surface area contributed by atoms with Crippen LogP contribution in [-0.4, -0.2) is 31.7 Å². The van der Waals surface area contributed by atoms with E-state index in [4.69, 9.17) is 9.47 Å². The summed E-state index contributed by atoms with van der Waals surface area (Å²) >= 11 is 0. The van der Waals surface area contributed by atoms with E-state index in [2.05, 4.69) is 27.3 Å². The fourth-order valence-corrected chi connectivity index (χ4v) is 4.37. The van der Waals surface area contributed by atoms with E-state index < -0.39 is 0 Å². The molecule has 0 saturated heterocycles. The third-order valence-electron chi connectivity index (χ3n) is 5.98. The predicted molar refractivity (Wildman–Crippen MR) is 125 cm³/mol. The van der Waals surface area contributed by atoms with Crippen LogP contribution >= 0.6 is 0 Å². The molecule has 1 aliphatic rings. The molecule has 0 spiro atoms. The normalized spacial score (nSPS) is 15.5. The van der Waals surface area contributed by atoms with Crippen molar-refractivity contribution in [3.63, 3.8) is 0 Å². The van der Waals surface area contributed by atoms with Gasteiger partial charge in [0, 0.05) is 48.2 Å². The summed E-state index contributed by atoms with van der Waals surface area (Å²) in [5.41, 5.74) is 5.26. The fraction of sp³-hybridized carbons (Fsp3) is 0.280. The maximum absolute atomic E-state index is 9.39. The van der Waals surface area contributed by atoms with Crippen molar-refractivity contribution in [3.05, 3.63) is 64.9 Å². The Morgan fingerprint density at radius 2 is 2.09 bits per heavy atom. The summed E-state index contributed by atoms with van der Waals surface area (Å²) in [4.78, 5) is 4.58. The van der Waals surface area contributed by atoms with Crippen LogP contribution in [0.2, 0.25) is 0 Å². The summed E-state index contributed by atoms with van der Waals surface area (Å²) in [6, 6.07) is 6.28. The van der Waals surface area contributed by atoms with E-state index in [1.807, 2.05) is 49.4 Å². The SMILES string of the molecule is COc1c(C#N)cnc2c1CCC[C@H]2Oc1cc2c(cnn2/C=C/c2cnn(C)c2)cc1C. The van der Waals surface area contributed by atoms with E-state index in [0.29, 0.717) is 11.3 Å². The summed E-state index contributed by atoms with van der Waals surface area (Å²) < 4.78 is 15.6. The molecule has 3 heterocycles. The molecular weight excluding hydrogens is 416 g/mol. The van der Waals surface area contributed by atoms with Gasteiger partial charge in [0.05, 0.1) is 30.7 Å². The first-order chi connectivity index (χ1) is 16.1. The van der Waals surface area contributed by atoms with Crippen LogP contribution in [-0.2, 0) is 13.5 Å². The van der Waals surface area contributed by atoms with Crippen LogP contribution in [0, 0.1) is 18.3 Å². The number of benzene rings is 1. The lowest BCUT2D eigenvalue weighted by atomic mass is 9.91. The molecule has 5 rings (SSSR count). The van der Waals surface area contributed by atoms with Crippen molar-refractivity contribution in [1.29, 1.82) is 5.26 Å². The van der Waals surface area contributed by atoms with Crippen molar-refractivity contribution in [2.24, 2.45) is 7.05 Å². The third kappa shape index (κ3) is 3.82. The number of fused-ring (bicyclic) bond motifs is 2. The topological polar surface area (TPSA) is 90.8 Å². The van der Waals surface area contributed by atoms with Gasteiger partial charge in [-0.1, -0.05) is 0 Å². The average molecular weight is 441 g/mol. The van der Waals surface area contributed by atoms with Crippen LogP contribution in [0.4, 0.5) is 0 Å². The van der Waals surface area contributed by atoms with Crippen molar-refractivity contribution in [2.75, 3.05) is 7.11 Å². The maximum Gasteiger partial charge on any atom is 0.143 e. The molecule has 0 aliphatic heterocycles. The number of rotatable bonds is 5. The average Bonchev–Trinajstić information content (AvgIpc) is 3.42. The Morgan fingerprint density at radius 3 is 2.85 bits per heavy atom. The highest BCUT2D eigenvalue weighted by molar-refractivity contribution is 5.84. The standard InChI is InChI=1S/C25H24N6O2/c1-16-9-18-14-29-31(8-7-17-12-28-30(2)15-17)21(18)10-23(16)33-22-6-4-5-20-24(22)27-13-19(11-26)25(20)32-3/h7-10,12-15,22H,4-6H2,1-3H3/b8-7+/t22-/m1/s1. The van der Waals surface area contributed by atoms with Gasteiger partial charge in [-0.3, -0.25) is 9.67 Å². The second-order valence-electron chi connectivity index (χ2n) is 8.21. The van der Waals surface area contributed by atoms with Gasteiger partial charge in [0.15, 0.2) is 0 Å². The minimum atomic E-state index is -0.200. The highest BCUT2D eigenvalue weighted by Gasteiger charge is 2.28. The molecule has 3 aromatic heterocycles. The second kappa shape index (κ2) is 8.43. The van der Waals surface area contributed by atoms with E-state index in [1.165, 1.54) is 0 Å². The molecule has 0 unspecified atom stereocenters. The lowest BCUT2D eigenvalue weighted by molar-refractivity contribution is 0.176. The van der Waals surface area contributed by atoms with Crippen LogP contribution < -0.4 is 9.47 Å². The number of hydrogen-bond acceptors (Lipinski definition) is 6. The molecule has 4 aromatic rings. The van der Waals surface area contributed by atoms with E-state index in [1.54, 1.807) is 24.2 Å². The maximum atomic E-state index is 9.39. The highest BCUT2D eigenvalue weighted by Crippen LogP contribution is 2.39. The Morgan fingerprint density at radius 1 is 1.21 bits per heavy atom. The van der Waals surface area contributed by atoms with Gasteiger partial charge in [0.2, 0.25) is 0 Å². The largest absolute Gasteiger partial charge is 0.495 e. The number of hydrogen-bond donors (Lipinski definition) is 0. The van der Waals surface area contributed by atoms with Gasteiger partial charge in [0.25, 0.3) is 0 Å². The minimum Gasteiger partial charge on any atom is -0.495 e. The van der Waals surface area contributed by atoms with Crippen LogP contribution in [0.1, 0.15) is 46.9 Å². The van der Waals surface area contributed by atoms with Crippen LogP contribution in [0.25, 0.3) is 23.2 Å². The van der Waals surface area contributed by atoms with Crippen molar-refractivity contribution in [2.45, 2.75) is 32.3 Å². The van der Waals surface area contributed by atoms with E-state index in [-0.39, 0.29) is 6.10 Å². The molecule has 8 nitrogen and oxygen atoms in total. The van der Waals surface area contributed by atoms with Gasteiger partial charge in [0.1, 0.15) is 29.2 Å². The zero-order valence-corrected chi connectivity index (χ0v) is 18.8. The van der Waals surface area contributed by atoms with Crippen LogP contribution in [0.3, 0.4) is 0 Å². The molecule has 1 atom stereocenters. The number of aryl methyl sites for hydroxylation is 2. The molecule has 0 radical (unpaired) electrons. The monoisotopic (exact) mass is 440 g/mol. The van der Waals surface area contributed by atoms with E-state index >= 15 is 0 Å². The van der Waals surface area contributed by atoms with E-state index in [9.17, 15) is 5.26 Å². The first kappa shape index (κ1) is 20.8. The van der Waals surface area contributed by atoms with E-state index in [0.717, 1.165) is 58.3 Å². The van der Waals surface area contributed by atoms with Crippen molar-refractivity contribution < 1.29 is 9.47 Å². The molecule has 0 N–H and O–H groups in total. The Bertz CT molecular complexity index is 1410. The number of pyridine rings is 1. The molecule has 0 bridgehead atoms. The Hall–Kier alpha value is -4.12. The minimum absolute atomic E-state index is 0.200. The molecule has 0 saturated carbocycles. The van der Waals surface area contributed by atoms with Crippen LogP contribution in [0.5, 0.6) is 11.5 Å². The second-order valence-corrected chi connectivity index (χ2v) is 8.21. The summed E-state index contributed by atoms with van der Waals surface area (Å²) in [5, 5.41) is 19.1. The summed E-state index contributed by atoms with van der Waals surface area (Å²) in [6.45, 7) is 2.04. The number of nitriles is 1. The molecule has 166 valence electrons. The molecule has 8 heteroatoms. The number of ether oxygens (including phenoxy) is 2. The molecule has 0 fully saturated rings. The highest BCUT2D eigenvalue weighted by atomic mass is 16.5. The summed E-state index contributed by atoms with van der Waals surface area (Å²) in [6.07, 6.45) is 13.5. The van der Waals surface area contributed by atoms with Gasteiger partial charge in [-0.2, -0.15) is 15.5 Å². The zero-order valence-electron chi connectivity index (χ0n) is 18.8. The Labute approximate surface area is 191 Å². The summed E-state index contributed by atoms with van der Waals surface area (Å²) in [5.74, 6) is 1.41. The number of aromatic nitrogens is 5. The Balaban J connectivity index is 1.48. The van der Waals surface area contributed by atoms with Gasteiger partial charge >= 0.3 is 0 Å². The third-order valence-corrected chi connectivity index (χ3v) is 5.98. The molecule has 1 aromatic carbocycles. The number of nitrogens with zero attached hydrogens (tertiary/aromatic N) is 6. The van der Waals surface area contributed by atoms with Gasteiger partial charge in [-0.15, -0.1) is 0 Å². The molecular formula is C25H24N6O2. The first-order valence-corrected chi connectivity index (χ1v) is 10.8. The molecule has 33 heavy (non-hydrogen) atoms. The molecule has 1 aliphatic carbocycles. The predicted octanol–water partition coefficient (Wildman–Crippen LogP) is 4.44. The van der Waals surface area contributed by atoms with Crippen molar-refractivity contribution >= 4 is 23.2 Å². The van der Waals surface area contributed by atoms with Gasteiger partial charge < -0.3 is 9.47 Å². The molecule has 0 amide bonds. The lowest BCUT2D eigenvalue weighted by Crippen LogP contribution is -2.19. The fourth-order valence-electron chi connectivity index (χ4n) is 4.37. The number of methoxy groups -OCH3 is 1. The van der Waals surface area contributed by atoms with Crippen molar-refractivity contribution in [1.82, 2.24) is 24.5 Å². The first-order valence-electron chi connectivity index (χ1n) is 10.8. The lowest BCUT2D eigenvalue weighted by Gasteiger charge is -2.27. The Kier molecular flexibility index (Phi) is 5.31. The summed E-state index contributed by atoms with van der Waals surface area (Å²) in [7, 11) is 3.49. The van der Waals surface area contributed by atoms with Crippen LogP contribution in [0.15, 0.2) is 36.9 Å². The smallest absolute Gasteiger partial charge is 0.143 e. The quantitative estimate of drug-likeness (QED) is 0.456. The van der Waals surface area contributed by atoms with Gasteiger partial charge in [-0.05, 0) is 43.9 Å². The van der Waals surface area contributed by atoms with Gasteiger partial charge in [-0.25, -0.2) is 4.68 Å². The zero-order chi connectivity index (χ0) is 22.9.